The van der Waals surface area contributed by atoms with Crippen LogP contribution in [0.25, 0.3) is 17.1 Å². The fourth-order valence-electron chi connectivity index (χ4n) is 3.06. The van der Waals surface area contributed by atoms with Gasteiger partial charge in [0.15, 0.2) is 11.0 Å². The van der Waals surface area contributed by atoms with E-state index in [1.165, 1.54) is 5.56 Å². The summed E-state index contributed by atoms with van der Waals surface area (Å²) in [4.78, 5) is 6.67. The number of aromatic nitrogens is 4. The SMILES string of the molecule is Cc1ccc(-n2c(SCCN3CCOCC3)nnc2-c2cccnc2)cc1. The molecule has 0 spiro atoms. The van der Waals surface area contributed by atoms with Crippen molar-refractivity contribution in [3.8, 4) is 17.1 Å². The Morgan fingerprint density at radius 1 is 1.07 bits per heavy atom. The number of benzene rings is 1. The van der Waals surface area contributed by atoms with Crippen LogP contribution in [0.3, 0.4) is 0 Å². The second-order valence-electron chi connectivity index (χ2n) is 6.52. The predicted molar refractivity (Wildman–Crippen MR) is 107 cm³/mol. The van der Waals surface area contributed by atoms with Crippen molar-refractivity contribution in [1.82, 2.24) is 24.6 Å². The lowest BCUT2D eigenvalue weighted by Gasteiger charge is -2.26. The van der Waals surface area contributed by atoms with E-state index in [9.17, 15) is 0 Å². The monoisotopic (exact) mass is 381 g/mol. The van der Waals surface area contributed by atoms with Gasteiger partial charge in [-0.05, 0) is 31.2 Å². The normalized spacial score (nSPS) is 15.1. The van der Waals surface area contributed by atoms with Crippen molar-refractivity contribution in [2.75, 3.05) is 38.6 Å². The first-order valence-corrected chi connectivity index (χ1v) is 10.2. The van der Waals surface area contributed by atoms with E-state index in [0.717, 1.165) is 60.8 Å². The van der Waals surface area contributed by atoms with Crippen molar-refractivity contribution >= 4 is 11.8 Å². The van der Waals surface area contributed by atoms with Crippen LogP contribution in [0.5, 0.6) is 0 Å². The third-order valence-corrected chi connectivity index (χ3v) is 5.50. The van der Waals surface area contributed by atoms with Crippen LogP contribution in [0.1, 0.15) is 5.56 Å². The summed E-state index contributed by atoms with van der Waals surface area (Å²) in [7, 11) is 0. The number of hydrogen-bond donors (Lipinski definition) is 0. The maximum Gasteiger partial charge on any atom is 0.196 e. The van der Waals surface area contributed by atoms with Crippen LogP contribution in [0.4, 0.5) is 0 Å². The molecule has 1 aliphatic rings. The van der Waals surface area contributed by atoms with Gasteiger partial charge in [-0.3, -0.25) is 14.5 Å². The first kappa shape index (κ1) is 18.2. The number of aryl methyl sites for hydroxylation is 1. The lowest BCUT2D eigenvalue weighted by Crippen LogP contribution is -2.37. The van der Waals surface area contributed by atoms with Crippen molar-refractivity contribution in [3.63, 3.8) is 0 Å². The lowest BCUT2D eigenvalue weighted by atomic mass is 10.2. The Morgan fingerprint density at radius 2 is 1.89 bits per heavy atom. The van der Waals surface area contributed by atoms with Crippen molar-refractivity contribution in [2.24, 2.45) is 0 Å². The van der Waals surface area contributed by atoms with E-state index in [4.69, 9.17) is 4.74 Å². The Kier molecular flexibility index (Phi) is 5.81. The maximum absolute atomic E-state index is 5.42. The number of nitrogens with zero attached hydrogens (tertiary/aromatic N) is 5. The van der Waals surface area contributed by atoms with E-state index in [2.05, 4.69) is 55.8 Å². The Labute approximate surface area is 163 Å². The molecule has 0 aliphatic carbocycles. The highest BCUT2D eigenvalue weighted by molar-refractivity contribution is 7.99. The van der Waals surface area contributed by atoms with Gasteiger partial charge in [0.1, 0.15) is 0 Å². The molecule has 3 heterocycles. The highest BCUT2D eigenvalue weighted by Crippen LogP contribution is 2.27. The van der Waals surface area contributed by atoms with Crippen molar-refractivity contribution in [1.29, 1.82) is 0 Å². The molecule has 140 valence electrons. The van der Waals surface area contributed by atoms with E-state index < -0.39 is 0 Å². The van der Waals surface area contributed by atoms with E-state index >= 15 is 0 Å². The van der Waals surface area contributed by atoms with Gasteiger partial charge in [0, 0.05) is 49.0 Å². The minimum Gasteiger partial charge on any atom is -0.379 e. The van der Waals surface area contributed by atoms with Gasteiger partial charge in [-0.25, -0.2) is 0 Å². The first-order valence-electron chi connectivity index (χ1n) is 9.17. The van der Waals surface area contributed by atoms with Gasteiger partial charge in [-0.1, -0.05) is 29.5 Å². The number of hydrogen-bond acceptors (Lipinski definition) is 6. The summed E-state index contributed by atoms with van der Waals surface area (Å²) >= 11 is 1.74. The van der Waals surface area contributed by atoms with Crippen LogP contribution in [0.15, 0.2) is 53.9 Å². The predicted octanol–water partition coefficient (Wildman–Crippen LogP) is 3.06. The smallest absolute Gasteiger partial charge is 0.196 e. The molecule has 3 aromatic rings. The number of rotatable bonds is 6. The van der Waals surface area contributed by atoms with Gasteiger partial charge in [-0.2, -0.15) is 0 Å². The zero-order valence-electron chi connectivity index (χ0n) is 15.4. The third-order valence-electron chi connectivity index (χ3n) is 4.59. The van der Waals surface area contributed by atoms with Crippen molar-refractivity contribution < 1.29 is 4.74 Å². The maximum atomic E-state index is 5.42. The average molecular weight is 382 g/mol. The van der Waals surface area contributed by atoms with E-state index in [0.29, 0.717) is 0 Å². The molecule has 0 saturated carbocycles. The van der Waals surface area contributed by atoms with Crippen molar-refractivity contribution in [2.45, 2.75) is 12.1 Å². The molecule has 0 unspecified atom stereocenters. The Hall–Kier alpha value is -2.22. The van der Waals surface area contributed by atoms with E-state index in [1.54, 1.807) is 18.0 Å². The Balaban J connectivity index is 1.59. The second-order valence-corrected chi connectivity index (χ2v) is 7.58. The molecule has 1 fully saturated rings. The van der Waals surface area contributed by atoms with Crippen LogP contribution in [-0.2, 0) is 4.74 Å². The average Bonchev–Trinajstić information content (AvgIpc) is 3.14. The van der Waals surface area contributed by atoms with Gasteiger partial charge in [0.05, 0.1) is 13.2 Å². The molecule has 7 heteroatoms. The molecule has 1 saturated heterocycles. The zero-order valence-corrected chi connectivity index (χ0v) is 16.2. The summed E-state index contributed by atoms with van der Waals surface area (Å²) in [6, 6.07) is 12.4. The molecule has 1 aliphatic heterocycles. The second kappa shape index (κ2) is 8.65. The highest BCUT2D eigenvalue weighted by Gasteiger charge is 2.17. The lowest BCUT2D eigenvalue weighted by molar-refractivity contribution is 0.0410. The number of morpholine rings is 1. The van der Waals surface area contributed by atoms with E-state index in [-0.39, 0.29) is 0 Å². The van der Waals surface area contributed by atoms with E-state index in [1.807, 2.05) is 18.3 Å². The topological polar surface area (TPSA) is 56.1 Å². The highest BCUT2D eigenvalue weighted by atomic mass is 32.2. The molecule has 2 aromatic heterocycles. The summed E-state index contributed by atoms with van der Waals surface area (Å²) in [5, 5.41) is 9.86. The molecule has 4 rings (SSSR count). The minimum absolute atomic E-state index is 0.820. The van der Waals surface area contributed by atoms with Crippen LogP contribution < -0.4 is 0 Å². The standard InChI is InChI=1S/C20H23N5OS/c1-16-4-6-18(7-5-16)25-19(17-3-2-8-21-15-17)22-23-20(25)27-14-11-24-9-12-26-13-10-24/h2-8,15H,9-14H2,1H3. The van der Waals surface area contributed by atoms with Gasteiger partial charge >= 0.3 is 0 Å². The zero-order chi connectivity index (χ0) is 18.5. The molecular formula is C20H23N5OS. The molecule has 0 amide bonds. The molecule has 0 N–H and O–H groups in total. The van der Waals surface area contributed by atoms with Crippen LogP contribution >= 0.6 is 11.8 Å². The first-order chi connectivity index (χ1) is 13.3. The minimum atomic E-state index is 0.820. The number of ether oxygens (including phenoxy) is 1. The van der Waals surface area contributed by atoms with Gasteiger partial charge in [0.2, 0.25) is 0 Å². The van der Waals surface area contributed by atoms with Crippen molar-refractivity contribution in [3.05, 3.63) is 54.4 Å². The number of thioether (sulfide) groups is 1. The van der Waals surface area contributed by atoms with Gasteiger partial charge in [0.25, 0.3) is 0 Å². The number of pyridine rings is 1. The van der Waals surface area contributed by atoms with Crippen LogP contribution in [0, 0.1) is 6.92 Å². The third kappa shape index (κ3) is 4.37. The fourth-order valence-corrected chi connectivity index (χ4v) is 4.01. The largest absolute Gasteiger partial charge is 0.379 e. The molecule has 0 radical (unpaired) electrons. The molecule has 1 aromatic carbocycles. The fraction of sp³-hybridized carbons (Fsp3) is 0.350. The summed E-state index contributed by atoms with van der Waals surface area (Å²) in [6.45, 7) is 6.79. The summed E-state index contributed by atoms with van der Waals surface area (Å²) in [5.41, 5.74) is 3.26. The summed E-state index contributed by atoms with van der Waals surface area (Å²) in [6.07, 6.45) is 3.60. The quantitative estimate of drug-likeness (QED) is 0.612. The van der Waals surface area contributed by atoms with Crippen LogP contribution in [-0.4, -0.2) is 63.2 Å². The molecule has 0 atom stereocenters. The molecule has 0 bridgehead atoms. The summed E-state index contributed by atoms with van der Waals surface area (Å²) < 4.78 is 7.55. The molecule has 27 heavy (non-hydrogen) atoms. The van der Waals surface area contributed by atoms with Gasteiger partial charge < -0.3 is 4.74 Å². The Morgan fingerprint density at radius 3 is 2.63 bits per heavy atom. The Bertz CT molecular complexity index is 860. The summed E-state index contributed by atoms with van der Waals surface area (Å²) in [5.74, 6) is 1.79. The molecular weight excluding hydrogens is 358 g/mol. The molecule has 6 nitrogen and oxygen atoms in total. The van der Waals surface area contributed by atoms with Crippen LogP contribution in [0.2, 0.25) is 0 Å². The van der Waals surface area contributed by atoms with Gasteiger partial charge in [-0.15, -0.1) is 10.2 Å².